The Kier molecular flexibility index (Phi) is 5.05. The number of nitrogens with one attached hydrogen (secondary N) is 1. The Morgan fingerprint density at radius 2 is 1.96 bits per heavy atom. The van der Waals surface area contributed by atoms with Crippen LogP contribution in [-0.4, -0.2) is 65.5 Å². The third kappa shape index (κ3) is 3.79. The fourth-order valence-electron chi connectivity index (χ4n) is 2.17. The van der Waals surface area contributed by atoms with Crippen LogP contribution in [0.2, 0.25) is 0 Å². The molecule has 0 unspecified atom stereocenters. The number of hydrogen-bond donors (Lipinski definition) is 6. The van der Waals surface area contributed by atoms with Gasteiger partial charge >= 0.3 is 19.5 Å². The Bertz CT molecular complexity index is 795. The van der Waals surface area contributed by atoms with Crippen LogP contribution in [0.15, 0.2) is 15.7 Å². The number of H-pyrrole nitrogens is 1. The number of nitrogens with zero attached hydrogens (tertiary/aromatic N) is 1. The van der Waals surface area contributed by atoms with E-state index in [1.165, 1.54) is 0 Å². The lowest BCUT2D eigenvalue weighted by Gasteiger charge is -2.19. The van der Waals surface area contributed by atoms with E-state index in [1.807, 2.05) is 0 Å². The number of aliphatic hydroxyl groups is 2. The second kappa shape index (κ2) is 6.57. The Hall–Kier alpha value is -1.86. The van der Waals surface area contributed by atoms with Crippen LogP contribution in [-0.2, 0) is 13.8 Å². The number of aliphatic hydroxyl groups excluding tert-OH is 2. The summed E-state index contributed by atoms with van der Waals surface area (Å²) in [6, 6.07) is 0.575. The Balaban J connectivity index is 2.37. The molecule has 1 aliphatic rings. The molecule has 14 heteroatoms. The summed E-state index contributed by atoms with van der Waals surface area (Å²) in [6.07, 6.45) is -6.74. The van der Waals surface area contributed by atoms with Gasteiger partial charge in [0.05, 0.1) is 6.61 Å². The summed E-state index contributed by atoms with van der Waals surface area (Å²) >= 11 is 0. The monoisotopic (exact) mass is 368 g/mol. The first-order valence-corrected chi connectivity index (χ1v) is 7.85. The summed E-state index contributed by atoms with van der Waals surface area (Å²) in [7, 11) is -4.88. The summed E-state index contributed by atoms with van der Waals surface area (Å²) in [4.78, 5) is 53.2. The molecule has 0 saturated carbocycles. The summed E-state index contributed by atoms with van der Waals surface area (Å²) in [5.74, 6) is -1.67. The van der Waals surface area contributed by atoms with Gasteiger partial charge in [0, 0.05) is 6.07 Å². The van der Waals surface area contributed by atoms with Crippen LogP contribution in [0.4, 0.5) is 0 Å². The van der Waals surface area contributed by atoms with Gasteiger partial charge in [0.2, 0.25) is 0 Å². The van der Waals surface area contributed by atoms with E-state index in [0.717, 1.165) is 0 Å². The van der Waals surface area contributed by atoms with Crippen molar-refractivity contribution in [3.63, 3.8) is 0 Å². The summed E-state index contributed by atoms with van der Waals surface area (Å²) in [5.41, 5.74) is -3.02. The van der Waals surface area contributed by atoms with Crippen LogP contribution >= 0.6 is 7.82 Å². The molecule has 1 aliphatic heterocycles. The molecule has 0 aliphatic carbocycles. The minimum atomic E-state index is -4.88. The molecule has 0 aromatic carbocycles. The zero-order valence-electron chi connectivity index (χ0n) is 11.7. The molecule has 0 spiro atoms. The average molecular weight is 368 g/mol. The largest absolute Gasteiger partial charge is 0.477 e. The van der Waals surface area contributed by atoms with Crippen LogP contribution in [0.25, 0.3) is 0 Å². The summed E-state index contributed by atoms with van der Waals surface area (Å²) < 4.78 is 20.3. The minimum Gasteiger partial charge on any atom is -0.477 e. The van der Waals surface area contributed by atoms with Gasteiger partial charge in [-0.3, -0.25) is 18.9 Å². The van der Waals surface area contributed by atoms with Crippen LogP contribution in [0.1, 0.15) is 16.7 Å². The summed E-state index contributed by atoms with van der Waals surface area (Å²) in [6.45, 7) is -0.834. The Morgan fingerprint density at radius 1 is 1.33 bits per heavy atom. The number of hydrogen-bond acceptors (Lipinski definition) is 8. The van der Waals surface area contributed by atoms with Crippen molar-refractivity contribution in [3.05, 3.63) is 32.6 Å². The zero-order chi connectivity index (χ0) is 18.2. The van der Waals surface area contributed by atoms with Gasteiger partial charge in [0.1, 0.15) is 24.0 Å². The summed E-state index contributed by atoms with van der Waals surface area (Å²) in [5, 5.41) is 28.8. The number of carbonyl (C=O) groups is 1. The van der Waals surface area contributed by atoms with Gasteiger partial charge in [-0.15, -0.1) is 0 Å². The molecule has 2 heterocycles. The standard InChI is InChI=1S/C10H13N2O11P/c13-5-1-3(9(16)17)12(10(18)11-5)8-7(15)6(14)4(23-8)2-22-24(19,20)21/h1,4,6-8,14-15H,2H2,(H,16,17)(H,11,13,18)(H2,19,20,21)/t4-,6-,7+,8-/m0/s1. The lowest BCUT2D eigenvalue weighted by atomic mass is 10.1. The van der Waals surface area contributed by atoms with Crippen molar-refractivity contribution in [2.45, 2.75) is 24.5 Å². The average Bonchev–Trinajstić information content (AvgIpc) is 2.71. The third-order valence-electron chi connectivity index (χ3n) is 3.19. The van der Waals surface area contributed by atoms with E-state index in [2.05, 4.69) is 4.52 Å². The number of aromatic amines is 1. The number of ether oxygens (including phenoxy) is 1. The van der Waals surface area contributed by atoms with E-state index in [1.54, 1.807) is 4.98 Å². The number of carboxylic acids is 1. The SMILES string of the molecule is O=C(O)c1cc(=O)[nH]c(=O)n1[C@H]1O[C@@H](COP(=O)(O)O)[C@H](O)[C@H]1O. The molecular formula is C10H13N2O11P. The molecule has 134 valence electrons. The first-order chi connectivity index (χ1) is 11.0. The number of carboxylic acid groups (broad SMARTS) is 1. The maximum atomic E-state index is 11.8. The first kappa shape index (κ1) is 18.5. The number of aromatic carboxylic acids is 1. The maximum absolute atomic E-state index is 11.8. The number of rotatable bonds is 5. The van der Waals surface area contributed by atoms with Crippen LogP contribution in [0.3, 0.4) is 0 Å². The van der Waals surface area contributed by atoms with Crippen molar-refractivity contribution in [2.24, 2.45) is 0 Å². The van der Waals surface area contributed by atoms with Gasteiger partial charge in [0.15, 0.2) is 6.23 Å². The van der Waals surface area contributed by atoms with Gasteiger partial charge < -0.3 is 29.8 Å². The molecule has 1 aromatic rings. The molecule has 4 atom stereocenters. The van der Waals surface area contributed by atoms with Crippen LogP contribution < -0.4 is 11.2 Å². The molecule has 2 rings (SSSR count). The number of phosphoric acid groups is 1. The molecule has 13 nitrogen and oxygen atoms in total. The normalized spacial score (nSPS) is 27.3. The van der Waals surface area contributed by atoms with E-state index in [-0.39, 0.29) is 0 Å². The molecule has 1 aromatic heterocycles. The third-order valence-corrected chi connectivity index (χ3v) is 3.68. The lowest BCUT2D eigenvalue weighted by Crippen LogP contribution is -2.40. The smallest absolute Gasteiger partial charge is 0.469 e. The molecule has 0 radical (unpaired) electrons. The molecule has 1 saturated heterocycles. The molecule has 0 amide bonds. The Morgan fingerprint density at radius 3 is 2.50 bits per heavy atom. The Labute approximate surface area is 131 Å². The van der Waals surface area contributed by atoms with Gasteiger partial charge in [-0.2, -0.15) is 0 Å². The van der Waals surface area contributed by atoms with Gasteiger partial charge in [0.25, 0.3) is 5.56 Å². The van der Waals surface area contributed by atoms with Crippen molar-refractivity contribution < 1.29 is 43.7 Å². The highest BCUT2D eigenvalue weighted by atomic mass is 31.2. The van der Waals surface area contributed by atoms with Gasteiger partial charge in [-0.25, -0.2) is 14.2 Å². The van der Waals surface area contributed by atoms with Crippen molar-refractivity contribution in [1.82, 2.24) is 9.55 Å². The lowest BCUT2D eigenvalue weighted by molar-refractivity contribution is -0.0555. The quantitative estimate of drug-likeness (QED) is 0.288. The number of phosphoric ester groups is 1. The number of aromatic nitrogens is 2. The highest BCUT2D eigenvalue weighted by molar-refractivity contribution is 7.46. The van der Waals surface area contributed by atoms with Crippen molar-refractivity contribution >= 4 is 13.8 Å². The van der Waals surface area contributed by atoms with Crippen LogP contribution in [0, 0.1) is 0 Å². The second-order valence-electron chi connectivity index (χ2n) is 4.83. The highest BCUT2D eigenvalue weighted by Gasteiger charge is 2.46. The van der Waals surface area contributed by atoms with E-state index in [9.17, 15) is 29.2 Å². The molecule has 24 heavy (non-hydrogen) atoms. The predicted molar refractivity (Wildman–Crippen MR) is 72.2 cm³/mol. The highest BCUT2D eigenvalue weighted by Crippen LogP contribution is 2.38. The predicted octanol–water partition coefficient (Wildman–Crippen LogP) is -3.04. The van der Waals surface area contributed by atoms with Gasteiger partial charge in [-0.1, -0.05) is 0 Å². The first-order valence-electron chi connectivity index (χ1n) is 6.32. The molecule has 6 N–H and O–H groups in total. The van der Waals surface area contributed by atoms with E-state index in [4.69, 9.17) is 19.6 Å². The van der Waals surface area contributed by atoms with E-state index >= 15 is 0 Å². The second-order valence-corrected chi connectivity index (χ2v) is 6.07. The van der Waals surface area contributed by atoms with Crippen LogP contribution in [0.5, 0.6) is 0 Å². The minimum absolute atomic E-state index is 0.398. The molecule has 0 bridgehead atoms. The van der Waals surface area contributed by atoms with E-state index in [0.29, 0.717) is 10.6 Å². The van der Waals surface area contributed by atoms with Gasteiger partial charge in [-0.05, 0) is 0 Å². The van der Waals surface area contributed by atoms with Crippen molar-refractivity contribution in [1.29, 1.82) is 0 Å². The maximum Gasteiger partial charge on any atom is 0.469 e. The fraction of sp³-hybridized carbons (Fsp3) is 0.500. The van der Waals surface area contributed by atoms with Crippen molar-refractivity contribution in [2.75, 3.05) is 6.61 Å². The van der Waals surface area contributed by atoms with Crippen molar-refractivity contribution in [3.8, 4) is 0 Å². The fourth-order valence-corrected chi connectivity index (χ4v) is 2.51. The molecule has 1 fully saturated rings. The molecular weight excluding hydrogens is 355 g/mol. The zero-order valence-corrected chi connectivity index (χ0v) is 12.6. The topological polar surface area (TPSA) is 209 Å². The van der Waals surface area contributed by atoms with E-state index < -0.39 is 61.9 Å².